The number of aryl methyl sites for hydroxylation is 1. The van der Waals surface area contributed by atoms with Gasteiger partial charge in [0.25, 0.3) is 0 Å². The van der Waals surface area contributed by atoms with Crippen LogP contribution in [0.3, 0.4) is 0 Å². The first-order chi connectivity index (χ1) is 11.6. The number of aromatic nitrogens is 1. The van der Waals surface area contributed by atoms with Crippen LogP contribution in [0.1, 0.15) is 56.4 Å². The number of alkyl halides is 3. The lowest BCUT2D eigenvalue weighted by atomic mass is 9.53. The first-order valence-corrected chi connectivity index (χ1v) is 8.31. The first kappa shape index (κ1) is 20.3. The van der Waals surface area contributed by atoms with Gasteiger partial charge >= 0.3 is 6.18 Å². The van der Waals surface area contributed by atoms with Crippen LogP contribution in [0.5, 0.6) is 0 Å². The molecule has 7 heteroatoms. The Morgan fingerprint density at radius 2 is 1.65 bits per heavy atom. The van der Waals surface area contributed by atoms with E-state index in [2.05, 4.69) is 4.98 Å². The quantitative estimate of drug-likeness (QED) is 0.583. The topological polar surface area (TPSA) is 64.1 Å². The zero-order valence-corrected chi connectivity index (χ0v) is 15.6. The van der Waals surface area contributed by atoms with Crippen molar-refractivity contribution in [2.24, 2.45) is 22.7 Å². The van der Waals surface area contributed by atoms with Gasteiger partial charge in [-0.15, -0.1) is 0 Å². The number of rotatable bonds is 2. The number of hydrogen-bond donors (Lipinski definition) is 0. The minimum Gasteiger partial charge on any atom is -0.298 e. The molecular formula is C19H22F3NO3. The fraction of sp³-hybridized carbons (Fsp3) is 0.579. The van der Waals surface area contributed by atoms with E-state index in [1.807, 2.05) is 0 Å². The van der Waals surface area contributed by atoms with Crippen LogP contribution in [0.4, 0.5) is 13.2 Å². The monoisotopic (exact) mass is 369 g/mol. The van der Waals surface area contributed by atoms with E-state index in [1.54, 1.807) is 20.8 Å². The fourth-order valence-electron chi connectivity index (χ4n) is 3.65. The number of nitrogens with zero attached hydrogens (tertiary/aromatic N) is 1. The lowest BCUT2D eigenvalue weighted by molar-refractivity contribution is -0.156. The maximum atomic E-state index is 13.0. The molecule has 0 spiro atoms. The molecule has 0 bridgehead atoms. The van der Waals surface area contributed by atoms with Crippen molar-refractivity contribution in [1.29, 1.82) is 0 Å². The Hall–Kier alpha value is -2.05. The molecule has 0 aliphatic heterocycles. The van der Waals surface area contributed by atoms with E-state index in [-0.39, 0.29) is 17.0 Å². The molecule has 0 aromatic carbocycles. The minimum absolute atomic E-state index is 0.0239. The molecule has 1 heterocycles. The number of pyridine rings is 1. The van der Waals surface area contributed by atoms with Crippen molar-refractivity contribution in [1.82, 2.24) is 4.98 Å². The van der Waals surface area contributed by atoms with E-state index in [9.17, 15) is 27.6 Å². The van der Waals surface area contributed by atoms with E-state index in [0.29, 0.717) is 0 Å². The Morgan fingerprint density at radius 3 is 2.12 bits per heavy atom. The molecular weight excluding hydrogens is 347 g/mol. The molecule has 1 aliphatic carbocycles. The van der Waals surface area contributed by atoms with Gasteiger partial charge in [0.15, 0.2) is 17.3 Å². The summed E-state index contributed by atoms with van der Waals surface area (Å²) in [4.78, 5) is 42.0. The van der Waals surface area contributed by atoms with Crippen LogP contribution in [0.25, 0.3) is 0 Å². The van der Waals surface area contributed by atoms with E-state index in [0.717, 1.165) is 12.1 Å². The molecule has 1 aromatic heterocycles. The van der Waals surface area contributed by atoms with E-state index < -0.39 is 46.1 Å². The number of Topliss-reactive ketones (excluding diaryl/α,β-unsaturated/α-hetero) is 3. The second kappa shape index (κ2) is 5.99. The van der Waals surface area contributed by atoms with Crippen LogP contribution >= 0.6 is 0 Å². The highest BCUT2D eigenvalue weighted by molar-refractivity contribution is 6.21. The molecule has 1 saturated carbocycles. The molecule has 0 radical (unpaired) electrons. The molecule has 0 saturated heterocycles. The average Bonchev–Trinajstić information content (AvgIpc) is 2.51. The van der Waals surface area contributed by atoms with Crippen LogP contribution in [0, 0.1) is 29.6 Å². The van der Waals surface area contributed by atoms with Crippen LogP contribution < -0.4 is 0 Å². The highest BCUT2D eigenvalue weighted by Crippen LogP contribution is 2.48. The van der Waals surface area contributed by atoms with Gasteiger partial charge in [-0.2, -0.15) is 13.2 Å². The summed E-state index contributed by atoms with van der Waals surface area (Å²) in [5.74, 6) is -3.01. The van der Waals surface area contributed by atoms with Gasteiger partial charge < -0.3 is 0 Å². The molecule has 142 valence electrons. The number of carbonyl (C=O) groups excluding carboxylic acids is 3. The van der Waals surface area contributed by atoms with Crippen molar-refractivity contribution >= 4 is 17.3 Å². The summed E-state index contributed by atoms with van der Waals surface area (Å²) in [5, 5.41) is 0. The number of hydrogen-bond acceptors (Lipinski definition) is 4. The van der Waals surface area contributed by atoms with Gasteiger partial charge in [-0.1, -0.05) is 20.8 Å². The molecule has 2 atom stereocenters. The van der Waals surface area contributed by atoms with Gasteiger partial charge in [-0.25, -0.2) is 4.98 Å². The predicted octanol–water partition coefficient (Wildman–Crippen LogP) is 4.05. The molecule has 2 unspecified atom stereocenters. The molecule has 0 N–H and O–H groups in total. The van der Waals surface area contributed by atoms with Gasteiger partial charge in [0.2, 0.25) is 0 Å². The summed E-state index contributed by atoms with van der Waals surface area (Å²) in [6, 6.07) is 1.80. The van der Waals surface area contributed by atoms with Crippen molar-refractivity contribution in [3.63, 3.8) is 0 Å². The molecule has 0 amide bonds. The van der Waals surface area contributed by atoms with Gasteiger partial charge in [-0.05, 0) is 38.8 Å². The smallest absolute Gasteiger partial charge is 0.298 e. The predicted molar refractivity (Wildman–Crippen MR) is 88.5 cm³/mol. The summed E-state index contributed by atoms with van der Waals surface area (Å²) in [5.41, 5.74) is -3.44. The first-order valence-electron chi connectivity index (χ1n) is 8.31. The van der Waals surface area contributed by atoms with Gasteiger partial charge in [0.1, 0.15) is 5.69 Å². The zero-order chi connectivity index (χ0) is 20.2. The average molecular weight is 369 g/mol. The largest absolute Gasteiger partial charge is 0.433 e. The van der Waals surface area contributed by atoms with E-state index in [4.69, 9.17) is 0 Å². The van der Waals surface area contributed by atoms with Crippen molar-refractivity contribution in [3.05, 3.63) is 29.1 Å². The summed E-state index contributed by atoms with van der Waals surface area (Å²) in [6.07, 6.45) is -4.61. The standard InChI is InChI=1S/C19H22F3NO3/c1-9-13(15(25)18(5,6)16(26)17(9,3)4)14(24)11-7-8-12(19(20,21)22)23-10(11)2/h7-9,13H,1-6H3. The normalized spacial score (nSPS) is 25.3. The Kier molecular flexibility index (Phi) is 4.67. The van der Waals surface area contributed by atoms with Crippen LogP contribution in [0.2, 0.25) is 0 Å². The summed E-state index contributed by atoms with van der Waals surface area (Å²) in [6.45, 7) is 9.31. The second-order valence-electron chi connectivity index (χ2n) is 8.00. The Morgan fingerprint density at radius 1 is 1.12 bits per heavy atom. The molecule has 1 aromatic rings. The highest BCUT2D eigenvalue weighted by atomic mass is 19.4. The third-order valence-corrected chi connectivity index (χ3v) is 5.61. The molecule has 26 heavy (non-hydrogen) atoms. The van der Waals surface area contributed by atoms with Gasteiger partial charge in [0.05, 0.1) is 11.3 Å². The molecule has 4 nitrogen and oxygen atoms in total. The Bertz CT molecular complexity index is 794. The minimum atomic E-state index is -4.61. The van der Waals surface area contributed by atoms with Crippen LogP contribution in [-0.2, 0) is 15.8 Å². The lowest BCUT2D eigenvalue weighted by Crippen LogP contribution is -2.57. The van der Waals surface area contributed by atoms with E-state index >= 15 is 0 Å². The van der Waals surface area contributed by atoms with Crippen molar-refractivity contribution < 1.29 is 27.6 Å². The summed E-state index contributed by atoms with van der Waals surface area (Å²) in [7, 11) is 0. The molecule has 2 rings (SSSR count). The highest BCUT2D eigenvalue weighted by Gasteiger charge is 2.58. The molecule has 1 aliphatic rings. The van der Waals surface area contributed by atoms with Crippen molar-refractivity contribution in [2.75, 3.05) is 0 Å². The maximum absolute atomic E-state index is 13.0. The van der Waals surface area contributed by atoms with Crippen LogP contribution in [0.15, 0.2) is 12.1 Å². The van der Waals surface area contributed by atoms with Crippen molar-refractivity contribution in [2.45, 2.75) is 47.7 Å². The van der Waals surface area contributed by atoms with Crippen molar-refractivity contribution in [3.8, 4) is 0 Å². The molecule has 1 fully saturated rings. The number of halogens is 3. The third-order valence-electron chi connectivity index (χ3n) is 5.61. The third kappa shape index (κ3) is 2.97. The van der Waals surface area contributed by atoms with Gasteiger partial charge in [-0.3, -0.25) is 14.4 Å². The Balaban J connectivity index is 2.52. The lowest BCUT2D eigenvalue weighted by Gasteiger charge is -2.46. The SMILES string of the molecule is Cc1nc(C(F)(F)F)ccc1C(=O)C1C(=O)C(C)(C)C(=O)C(C)(C)C1C. The van der Waals surface area contributed by atoms with Gasteiger partial charge in [0, 0.05) is 16.7 Å². The zero-order valence-electron chi connectivity index (χ0n) is 15.6. The number of ketones is 3. The number of carbonyl (C=O) groups is 3. The summed E-state index contributed by atoms with van der Waals surface area (Å²) < 4.78 is 38.4. The maximum Gasteiger partial charge on any atom is 0.433 e. The van der Waals surface area contributed by atoms with Crippen LogP contribution in [-0.4, -0.2) is 22.3 Å². The fourth-order valence-corrected chi connectivity index (χ4v) is 3.65. The summed E-state index contributed by atoms with van der Waals surface area (Å²) >= 11 is 0. The Labute approximate surface area is 150 Å². The second-order valence-corrected chi connectivity index (χ2v) is 8.00. The van der Waals surface area contributed by atoms with E-state index in [1.165, 1.54) is 20.8 Å².